The first-order valence-electron chi connectivity index (χ1n) is 9.09. The summed E-state index contributed by atoms with van der Waals surface area (Å²) in [5, 5.41) is 6.07. The summed E-state index contributed by atoms with van der Waals surface area (Å²) < 4.78 is 24.8. The van der Waals surface area contributed by atoms with Gasteiger partial charge in [-0.15, -0.1) is 0 Å². The van der Waals surface area contributed by atoms with E-state index in [1.165, 1.54) is 11.6 Å². The number of ether oxygens (including phenoxy) is 2. The lowest BCUT2D eigenvalue weighted by Crippen LogP contribution is -2.31. The van der Waals surface area contributed by atoms with E-state index in [2.05, 4.69) is 10.6 Å². The minimum Gasteiger partial charge on any atom is -0.496 e. The average molecular weight is 372 g/mol. The van der Waals surface area contributed by atoms with Gasteiger partial charge in [0, 0.05) is 42.7 Å². The molecule has 2 aromatic rings. The number of amides is 1. The number of hydrogen-bond acceptors (Lipinski definition) is 4. The molecule has 1 atom stereocenters. The van der Waals surface area contributed by atoms with Crippen LogP contribution in [0.4, 0.5) is 4.39 Å². The Labute approximate surface area is 158 Å². The monoisotopic (exact) mass is 372 g/mol. The normalized spacial score (nSPS) is 15.2. The van der Waals surface area contributed by atoms with E-state index in [1.54, 1.807) is 26.2 Å². The molecule has 1 aliphatic heterocycles. The van der Waals surface area contributed by atoms with Crippen LogP contribution in [0, 0.1) is 12.7 Å². The molecule has 1 heterocycles. The van der Waals surface area contributed by atoms with Gasteiger partial charge in [0.2, 0.25) is 0 Å². The zero-order valence-corrected chi connectivity index (χ0v) is 15.9. The zero-order chi connectivity index (χ0) is 19.4. The summed E-state index contributed by atoms with van der Waals surface area (Å²) >= 11 is 0. The SMILES string of the molecule is COc1cc2c(cc1CNCCNC(=O)c1ccc(C)c(F)c1)OC(C)C2. The Bertz CT molecular complexity index is 838. The molecule has 27 heavy (non-hydrogen) atoms. The summed E-state index contributed by atoms with van der Waals surface area (Å²) in [6.07, 6.45) is 1.08. The molecule has 1 aliphatic rings. The Morgan fingerprint density at radius 1 is 1.30 bits per heavy atom. The van der Waals surface area contributed by atoms with E-state index < -0.39 is 0 Å². The molecule has 0 aliphatic carbocycles. The maximum absolute atomic E-state index is 13.5. The van der Waals surface area contributed by atoms with Gasteiger partial charge in [-0.1, -0.05) is 6.07 Å². The van der Waals surface area contributed by atoms with Crippen molar-refractivity contribution in [2.24, 2.45) is 0 Å². The van der Waals surface area contributed by atoms with Crippen LogP contribution in [-0.4, -0.2) is 32.2 Å². The summed E-state index contributed by atoms with van der Waals surface area (Å²) in [5.41, 5.74) is 3.03. The standard InChI is InChI=1S/C21H25FN2O3/c1-13-4-5-15(9-18(13)22)21(25)24-7-6-23-12-17-11-20-16(8-14(2)27-20)10-19(17)26-3/h4-5,9-11,14,23H,6-8,12H2,1-3H3,(H,24,25). The lowest BCUT2D eigenvalue weighted by atomic mass is 10.1. The van der Waals surface area contributed by atoms with Crippen LogP contribution in [0.2, 0.25) is 0 Å². The second kappa shape index (κ2) is 8.39. The molecule has 6 heteroatoms. The van der Waals surface area contributed by atoms with Crippen LogP contribution in [0.1, 0.15) is 34.0 Å². The Balaban J connectivity index is 1.48. The molecule has 144 valence electrons. The van der Waals surface area contributed by atoms with Gasteiger partial charge < -0.3 is 20.1 Å². The first-order chi connectivity index (χ1) is 13.0. The number of aryl methyl sites for hydroxylation is 1. The second-order valence-corrected chi connectivity index (χ2v) is 6.80. The van der Waals surface area contributed by atoms with Gasteiger partial charge in [-0.25, -0.2) is 4.39 Å². The van der Waals surface area contributed by atoms with Gasteiger partial charge in [0.15, 0.2) is 0 Å². The molecule has 0 spiro atoms. The van der Waals surface area contributed by atoms with Crippen LogP contribution in [0.25, 0.3) is 0 Å². The average Bonchev–Trinajstić information content (AvgIpc) is 3.01. The van der Waals surface area contributed by atoms with Crippen molar-refractivity contribution < 1.29 is 18.7 Å². The molecule has 1 unspecified atom stereocenters. The van der Waals surface area contributed by atoms with Crippen LogP contribution in [0.3, 0.4) is 0 Å². The highest BCUT2D eigenvalue weighted by Gasteiger charge is 2.21. The topological polar surface area (TPSA) is 59.6 Å². The highest BCUT2D eigenvalue weighted by atomic mass is 19.1. The lowest BCUT2D eigenvalue weighted by Gasteiger charge is -2.12. The number of fused-ring (bicyclic) bond motifs is 1. The molecular formula is C21H25FN2O3. The molecule has 0 fully saturated rings. The van der Waals surface area contributed by atoms with E-state index >= 15 is 0 Å². The number of nitrogens with one attached hydrogen (secondary N) is 2. The molecule has 5 nitrogen and oxygen atoms in total. The van der Waals surface area contributed by atoms with E-state index in [9.17, 15) is 9.18 Å². The smallest absolute Gasteiger partial charge is 0.251 e. The van der Waals surface area contributed by atoms with E-state index in [0.717, 1.165) is 23.5 Å². The Morgan fingerprint density at radius 3 is 2.85 bits per heavy atom. The molecular weight excluding hydrogens is 347 g/mol. The quantitative estimate of drug-likeness (QED) is 0.734. The van der Waals surface area contributed by atoms with E-state index in [-0.39, 0.29) is 17.8 Å². The molecule has 0 bridgehead atoms. The van der Waals surface area contributed by atoms with Crippen molar-refractivity contribution in [2.75, 3.05) is 20.2 Å². The third-order valence-electron chi connectivity index (χ3n) is 4.64. The third kappa shape index (κ3) is 4.57. The van der Waals surface area contributed by atoms with Crippen LogP contribution >= 0.6 is 0 Å². The first-order valence-corrected chi connectivity index (χ1v) is 9.09. The van der Waals surface area contributed by atoms with Gasteiger partial charge in [0.1, 0.15) is 23.4 Å². The molecule has 2 N–H and O–H groups in total. The second-order valence-electron chi connectivity index (χ2n) is 6.80. The van der Waals surface area contributed by atoms with Crippen molar-refractivity contribution in [2.45, 2.75) is 32.9 Å². The summed E-state index contributed by atoms with van der Waals surface area (Å²) in [6.45, 7) is 5.34. The van der Waals surface area contributed by atoms with Gasteiger partial charge in [-0.2, -0.15) is 0 Å². The summed E-state index contributed by atoms with van der Waals surface area (Å²) in [6, 6.07) is 8.53. The molecule has 2 aromatic carbocycles. The van der Waals surface area contributed by atoms with Gasteiger partial charge in [-0.3, -0.25) is 4.79 Å². The Hall–Kier alpha value is -2.60. The predicted octanol–water partition coefficient (Wildman–Crippen LogP) is 2.99. The number of benzene rings is 2. The van der Waals surface area contributed by atoms with Crippen LogP contribution in [0.5, 0.6) is 11.5 Å². The number of methoxy groups -OCH3 is 1. The van der Waals surface area contributed by atoms with Crippen molar-refractivity contribution in [3.05, 3.63) is 58.4 Å². The third-order valence-corrected chi connectivity index (χ3v) is 4.64. The number of hydrogen-bond donors (Lipinski definition) is 2. The first kappa shape index (κ1) is 19.2. The van der Waals surface area contributed by atoms with Crippen molar-refractivity contribution in [1.82, 2.24) is 10.6 Å². The van der Waals surface area contributed by atoms with Crippen LogP contribution in [0.15, 0.2) is 30.3 Å². The molecule has 0 radical (unpaired) electrons. The largest absolute Gasteiger partial charge is 0.496 e. The fraction of sp³-hybridized carbons (Fsp3) is 0.381. The molecule has 0 saturated carbocycles. The molecule has 3 rings (SSSR count). The lowest BCUT2D eigenvalue weighted by molar-refractivity contribution is 0.0953. The van der Waals surface area contributed by atoms with Crippen molar-refractivity contribution in [3.8, 4) is 11.5 Å². The minimum atomic E-state index is -0.374. The number of halogens is 1. The van der Waals surface area contributed by atoms with Gasteiger partial charge in [-0.05, 0) is 43.7 Å². The van der Waals surface area contributed by atoms with Crippen molar-refractivity contribution >= 4 is 5.91 Å². The number of carbonyl (C=O) groups is 1. The van der Waals surface area contributed by atoms with Gasteiger partial charge in [0.25, 0.3) is 5.91 Å². The van der Waals surface area contributed by atoms with E-state index in [4.69, 9.17) is 9.47 Å². The molecule has 0 aromatic heterocycles. The summed E-state index contributed by atoms with van der Waals surface area (Å²) in [7, 11) is 1.66. The number of rotatable bonds is 7. The summed E-state index contributed by atoms with van der Waals surface area (Å²) in [4.78, 5) is 12.1. The van der Waals surface area contributed by atoms with E-state index in [0.29, 0.717) is 30.8 Å². The van der Waals surface area contributed by atoms with Crippen LogP contribution < -0.4 is 20.1 Å². The Morgan fingerprint density at radius 2 is 2.11 bits per heavy atom. The highest BCUT2D eigenvalue weighted by molar-refractivity contribution is 5.94. The highest BCUT2D eigenvalue weighted by Crippen LogP contribution is 2.34. The molecule has 1 amide bonds. The van der Waals surface area contributed by atoms with Crippen molar-refractivity contribution in [1.29, 1.82) is 0 Å². The zero-order valence-electron chi connectivity index (χ0n) is 15.9. The van der Waals surface area contributed by atoms with Crippen molar-refractivity contribution in [3.63, 3.8) is 0 Å². The predicted molar refractivity (Wildman–Crippen MR) is 102 cm³/mol. The Kier molecular flexibility index (Phi) is 5.96. The van der Waals surface area contributed by atoms with Crippen LogP contribution in [-0.2, 0) is 13.0 Å². The maximum Gasteiger partial charge on any atom is 0.251 e. The summed E-state index contributed by atoms with van der Waals surface area (Å²) in [5.74, 6) is 1.09. The number of carbonyl (C=O) groups excluding carboxylic acids is 1. The van der Waals surface area contributed by atoms with E-state index in [1.807, 2.05) is 19.1 Å². The fourth-order valence-electron chi connectivity index (χ4n) is 3.13. The van der Waals surface area contributed by atoms with Gasteiger partial charge >= 0.3 is 0 Å². The van der Waals surface area contributed by atoms with Gasteiger partial charge in [0.05, 0.1) is 7.11 Å². The molecule has 0 saturated heterocycles. The maximum atomic E-state index is 13.5. The minimum absolute atomic E-state index is 0.190. The fourth-order valence-corrected chi connectivity index (χ4v) is 3.13.